The number of nitrogens with one attached hydrogen (secondary N) is 2. The maximum Gasteiger partial charge on any atom is 0.245 e. The van der Waals surface area contributed by atoms with E-state index in [1.54, 1.807) is 18.9 Å². The fourth-order valence-corrected chi connectivity index (χ4v) is 2.72. The van der Waals surface area contributed by atoms with E-state index in [-0.39, 0.29) is 11.8 Å². The number of carbonyl (C=O) groups excluding carboxylic acids is 2. The highest BCUT2D eigenvalue weighted by molar-refractivity contribution is 5.89. The van der Waals surface area contributed by atoms with E-state index < -0.39 is 12.1 Å². The van der Waals surface area contributed by atoms with E-state index >= 15 is 0 Å². The molecule has 2 aromatic rings. The Morgan fingerprint density at radius 1 is 1.33 bits per heavy atom. The van der Waals surface area contributed by atoms with Crippen LogP contribution in [0.15, 0.2) is 30.5 Å². The molecular formula is C18H25N3O3. The second kappa shape index (κ2) is 7.97. The van der Waals surface area contributed by atoms with Crippen LogP contribution in [0.2, 0.25) is 0 Å². The maximum absolute atomic E-state index is 12.7. The molecule has 0 radical (unpaired) electrons. The molecule has 2 atom stereocenters. The quantitative estimate of drug-likeness (QED) is 0.718. The van der Waals surface area contributed by atoms with Crippen molar-refractivity contribution in [2.45, 2.75) is 38.8 Å². The molecule has 0 aliphatic heterocycles. The summed E-state index contributed by atoms with van der Waals surface area (Å²) in [6.45, 7) is 3.54. The molecule has 1 heterocycles. The monoisotopic (exact) mass is 331 g/mol. The van der Waals surface area contributed by atoms with Gasteiger partial charge in [-0.05, 0) is 25.0 Å². The minimum atomic E-state index is -0.624. The Morgan fingerprint density at radius 3 is 2.71 bits per heavy atom. The molecule has 0 bridgehead atoms. The third-order valence-corrected chi connectivity index (χ3v) is 4.03. The Morgan fingerprint density at radius 2 is 2.04 bits per heavy atom. The van der Waals surface area contributed by atoms with Gasteiger partial charge in [-0.25, -0.2) is 0 Å². The summed E-state index contributed by atoms with van der Waals surface area (Å²) in [6.07, 6.45) is 2.33. The van der Waals surface area contributed by atoms with E-state index in [1.807, 2.05) is 30.5 Å². The molecular weight excluding hydrogens is 306 g/mol. The molecule has 6 heteroatoms. The van der Waals surface area contributed by atoms with Gasteiger partial charge in [-0.15, -0.1) is 0 Å². The van der Waals surface area contributed by atoms with Crippen molar-refractivity contribution in [2.75, 3.05) is 13.6 Å². The van der Waals surface area contributed by atoms with Gasteiger partial charge in [-0.3, -0.25) is 9.59 Å². The van der Waals surface area contributed by atoms with E-state index in [2.05, 4.69) is 10.3 Å². The summed E-state index contributed by atoms with van der Waals surface area (Å²) in [6, 6.07) is 7.24. The first kappa shape index (κ1) is 18.0. The van der Waals surface area contributed by atoms with Crippen molar-refractivity contribution >= 4 is 22.7 Å². The van der Waals surface area contributed by atoms with Gasteiger partial charge in [0.05, 0.1) is 6.10 Å². The zero-order valence-corrected chi connectivity index (χ0v) is 14.4. The summed E-state index contributed by atoms with van der Waals surface area (Å²) >= 11 is 0. The molecule has 0 saturated carbocycles. The number of carbonyl (C=O) groups is 2. The van der Waals surface area contributed by atoms with Crippen LogP contribution in [0.25, 0.3) is 10.9 Å². The van der Waals surface area contributed by atoms with Crippen molar-refractivity contribution in [3.63, 3.8) is 0 Å². The Bertz CT molecular complexity index is 708. The number of aromatic amines is 1. The number of benzene rings is 1. The minimum Gasteiger partial charge on any atom is -0.393 e. The van der Waals surface area contributed by atoms with Crippen LogP contribution in [0.4, 0.5) is 0 Å². The van der Waals surface area contributed by atoms with Crippen LogP contribution in [-0.2, 0) is 16.0 Å². The van der Waals surface area contributed by atoms with Crippen LogP contribution in [0.5, 0.6) is 0 Å². The van der Waals surface area contributed by atoms with Gasteiger partial charge in [0.2, 0.25) is 11.8 Å². The van der Waals surface area contributed by atoms with Crippen molar-refractivity contribution < 1.29 is 14.7 Å². The first-order valence-corrected chi connectivity index (χ1v) is 8.13. The predicted octanol–water partition coefficient (Wildman–Crippen LogP) is 1.44. The van der Waals surface area contributed by atoms with E-state index in [4.69, 9.17) is 0 Å². The van der Waals surface area contributed by atoms with Gasteiger partial charge in [0.15, 0.2) is 0 Å². The molecule has 0 aliphatic carbocycles. The van der Waals surface area contributed by atoms with Gasteiger partial charge < -0.3 is 20.3 Å². The van der Waals surface area contributed by atoms with Crippen LogP contribution in [0.1, 0.15) is 25.8 Å². The molecule has 1 aromatic carbocycles. The summed E-state index contributed by atoms with van der Waals surface area (Å²) in [4.78, 5) is 28.9. The maximum atomic E-state index is 12.7. The molecule has 3 N–H and O–H groups in total. The zero-order chi connectivity index (χ0) is 17.7. The van der Waals surface area contributed by atoms with Crippen molar-refractivity contribution in [2.24, 2.45) is 0 Å². The van der Waals surface area contributed by atoms with Crippen LogP contribution < -0.4 is 5.32 Å². The number of H-pyrrole nitrogens is 1. The van der Waals surface area contributed by atoms with Crippen molar-refractivity contribution in [1.82, 2.24) is 15.2 Å². The SMILES string of the molecule is CC(=O)NC(Cc1c[nH]c2ccccc12)C(=O)N(C)CCC(C)O. The second-order valence-corrected chi connectivity index (χ2v) is 6.21. The zero-order valence-electron chi connectivity index (χ0n) is 14.4. The molecule has 1 aromatic heterocycles. The highest BCUT2D eigenvalue weighted by Gasteiger charge is 2.24. The Hall–Kier alpha value is -2.34. The number of nitrogens with zero attached hydrogens (tertiary/aromatic N) is 1. The first-order valence-electron chi connectivity index (χ1n) is 8.13. The summed E-state index contributed by atoms with van der Waals surface area (Å²) in [7, 11) is 1.69. The fraction of sp³-hybridized carbons (Fsp3) is 0.444. The summed E-state index contributed by atoms with van der Waals surface area (Å²) in [5.74, 6) is -0.395. The second-order valence-electron chi connectivity index (χ2n) is 6.21. The number of para-hydroxylation sites is 1. The summed E-state index contributed by atoms with van der Waals surface area (Å²) in [5.41, 5.74) is 1.99. The molecule has 6 nitrogen and oxygen atoms in total. The number of aliphatic hydroxyl groups excluding tert-OH is 1. The number of likely N-dealkylation sites (N-methyl/N-ethyl adjacent to an activating group) is 1. The highest BCUT2D eigenvalue weighted by atomic mass is 16.3. The number of aromatic nitrogens is 1. The van der Waals surface area contributed by atoms with Gasteiger partial charge in [0, 0.05) is 44.0 Å². The van der Waals surface area contributed by atoms with Crippen molar-refractivity contribution in [1.29, 1.82) is 0 Å². The highest BCUT2D eigenvalue weighted by Crippen LogP contribution is 2.19. The first-order chi connectivity index (χ1) is 11.4. The lowest BCUT2D eigenvalue weighted by Crippen LogP contribution is -2.48. The normalized spacial score (nSPS) is 13.5. The van der Waals surface area contributed by atoms with Crippen molar-refractivity contribution in [3.05, 3.63) is 36.0 Å². The Balaban J connectivity index is 2.15. The van der Waals surface area contributed by atoms with Crippen LogP contribution in [-0.4, -0.2) is 52.5 Å². The van der Waals surface area contributed by atoms with Gasteiger partial charge in [-0.1, -0.05) is 18.2 Å². The lowest BCUT2D eigenvalue weighted by Gasteiger charge is -2.24. The Labute approximate surface area is 141 Å². The number of hydrogen-bond acceptors (Lipinski definition) is 3. The fourth-order valence-electron chi connectivity index (χ4n) is 2.72. The number of rotatable bonds is 7. The summed E-state index contributed by atoms with van der Waals surface area (Å²) < 4.78 is 0. The molecule has 130 valence electrons. The smallest absolute Gasteiger partial charge is 0.245 e. The molecule has 2 amide bonds. The van der Waals surface area contributed by atoms with Gasteiger partial charge in [0.25, 0.3) is 0 Å². The lowest BCUT2D eigenvalue weighted by atomic mass is 10.0. The van der Waals surface area contributed by atoms with Crippen molar-refractivity contribution in [3.8, 4) is 0 Å². The molecule has 0 fully saturated rings. The number of amides is 2. The standard InChI is InChI=1S/C18H25N3O3/c1-12(22)8-9-21(3)18(24)17(20-13(2)23)10-14-11-19-16-7-5-4-6-15(14)16/h4-7,11-12,17,19,22H,8-10H2,1-3H3,(H,20,23). The van der Waals surface area contributed by atoms with Gasteiger partial charge >= 0.3 is 0 Å². The molecule has 0 spiro atoms. The molecule has 0 saturated heterocycles. The molecule has 2 rings (SSSR count). The van der Waals surface area contributed by atoms with Gasteiger partial charge in [-0.2, -0.15) is 0 Å². The van der Waals surface area contributed by atoms with E-state index in [1.165, 1.54) is 6.92 Å². The average Bonchev–Trinajstić information content (AvgIpc) is 2.94. The topological polar surface area (TPSA) is 85.4 Å². The molecule has 0 aliphatic rings. The molecule has 2 unspecified atom stereocenters. The molecule has 24 heavy (non-hydrogen) atoms. The van der Waals surface area contributed by atoms with E-state index in [9.17, 15) is 14.7 Å². The van der Waals surface area contributed by atoms with Crippen LogP contribution in [0.3, 0.4) is 0 Å². The minimum absolute atomic E-state index is 0.156. The third-order valence-electron chi connectivity index (χ3n) is 4.03. The number of aliphatic hydroxyl groups is 1. The largest absolute Gasteiger partial charge is 0.393 e. The summed E-state index contributed by atoms with van der Waals surface area (Å²) in [5, 5.41) is 13.2. The van der Waals surface area contributed by atoms with Crippen LogP contribution >= 0.6 is 0 Å². The predicted molar refractivity (Wildman–Crippen MR) is 93.5 cm³/mol. The van der Waals surface area contributed by atoms with Gasteiger partial charge in [0.1, 0.15) is 6.04 Å². The Kier molecular flexibility index (Phi) is 5.98. The lowest BCUT2D eigenvalue weighted by molar-refractivity contribution is -0.135. The number of hydrogen-bond donors (Lipinski definition) is 3. The van der Waals surface area contributed by atoms with Crippen LogP contribution in [0, 0.1) is 0 Å². The number of fused-ring (bicyclic) bond motifs is 1. The van der Waals surface area contributed by atoms with E-state index in [0.717, 1.165) is 16.5 Å². The van der Waals surface area contributed by atoms with E-state index in [0.29, 0.717) is 19.4 Å². The average molecular weight is 331 g/mol. The third kappa shape index (κ3) is 4.58.